The molecule has 4 nitrogen and oxygen atoms in total. The molecule has 0 aliphatic carbocycles. The van der Waals surface area contributed by atoms with E-state index in [1.54, 1.807) is 0 Å². The van der Waals surface area contributed by atoms with Crippen molar-refractivity contribution in [2.75, 3.05) is 5.73 Å². The summed E-state index contributed by atoms with van der Waals surface area (Å²) in [6, 6.07) is 5.46. The van der Waals surface area contributed by atoms with Crippen molar-refractivity contribution in [1.29, 1.82) is 0 Å². The minimum Gasteiger partial charge on any atom is -0.398 e. The largest absolute Gasteiger partial charge is 0.398 e. The van der Waals surface area contributed by atoms with Crippen molar-refractivity contribution in [3.63, 3.8) is 0 Å². The van der Waals surface area contributed by atoms with Gasteiger partial charge in [-0.3, -0.25) is 0 Å². The quantitative estimate of drug-likeness (QED) is 0.682. The lowest BCUT2D eigenvalue weighted by Gasteiger charge is -2.05. The molecule has 0 amide bonds. The summed E-state index contributed by atoms with van der Waals surface area (Å²) in [5.74, 6) is 1.90. The Hall–Kier alpha value is -1.20. The van der Waals surface area contributed by atoms with E-state index >= 15 is 0 Å². The van der Waals surface area contributed by atoms with Crippen molar-refractivity contribution in [3.05, 3.63) is 34.9 Å². The van der Waals surface area contributed by atoms with E-state index in [1.807, 2.05) is 25.1 Å². The van der Waals surface area contributed by atoms with Crippen LogP contribution in [0.2, 0.25) is 5.02 Å². The van der Waals surface area contributed by atoms with Gasteiger partial charge in [-0.2, -0.15) is 4.98 Å². The highest BCUT2D eigenvalue weighted by atomic mass is 35.5. The number of aryl methyl sites for hydroxylation is 1. The number of benzene rings is 1. The van der Waals surface area contributed by atoms with Gasteiger partial charge in [0.2, 0.25) is 5.89 Å². The fraction of sp³-hybridized carbons (Fsp3) is 0.273. The molecule has 0 radical (unpaired) electrons. The van der Waals surface area contributed by atoms with Crippen LogP contribution in [-0.2, 0) is 12.2 Å². The Labute approximate surface area is 109 Å². The summed E-state index contributed by atoms with van der Waals surface area (Å²) in [5, 5.41) is 4.52. The van der Waals surface area contributed by atoms with Crippen molar-refractivity contribution < 1.29 is 4.52 Å². The predicted molar refractivity (Wildman–Crippen MR) is 69.1 cm³/mol. The van der Waals surface area contributed by atoms with Gasteiger partial charge in [0.1, 0.15) is 0 Å². The first-order chi connectivity index (χ1) is 8.20. The van der Waals surface area contributed by atoms with Crippen LogP contribution < -0.4 is 5.73 Å². The highest BCUT2D eigenvalue weighted by Gasteiger charge is 2.09. The van der Waals surface area contributed by atoms with E-state index in [2.05, 4.69) is 10.1 Å². The van der Waals surface area contributed by atoms with Crippen molar-refractivity contribution in [2.45, 2.75) is 24.0 Å². The summed E-state index contributed by atoms with van der Waals surface area (Å²) in [6.07, 6.45) is 0.742. The van der Waals surface area contributed by atoms with Gasteiger partial charge in [-0.15, -0.1) is 11.8 Å². The molecule has 0 saturated carbocycles. The second-order valence-corrected chi connectivity index (χ2v) is 4.80. The Morgan fingerprint density at radius 2 is 2.29 bits per heavy atom. The molecule has 0 saturated heterocycles. The molecule has 0 unspecified atom stereocenters. The number of halogens is 1. The summed E-state index contributed by atoms with van der Waals surface area (Å²) in [7, 11) is 0. The summed E-state index contributed by atoms with van der Waals surface area (Å²) < 4.78 is 5.02. The van der Waals surface area contributed by atoms with Gasteiger partial charge in [0, 0.05) is 17.0 Å². The van der Waals surface area contributed by atoms with Crippen LogP contribution in [0, 0.1) is 0 Å². The van der Waals surface area contributed by atoms with E-state index in [9.17, 15) is 0 Å². The Bertz CT molecular complexity index is 495. The molecule has 1 aromatic carbocycles. The van der Waals surface area contributed by atoms with E-state index < -0.39 is 0 Å². The fourth-order valence-corrected chi connectivity index (χ4v) is 2.48. The fourth-order valence-electron chi connectivity index (χ4n) is 1.31. The van der Waals surface area contributed by atoms with Gasteiger partial charge in [0.25, 0.3) is 0 Å². The first-order valence-electron chi connectivity index (χ1n) is 5.19. The van der Waals surface area contributed by atoms with Gasteiger partial charge in [0.15, 0.2) is 5.82 Å². The molecule has 0 aliphatic rings. The van der Waals surface area contributed by atoms with Gasteiger partial charge in [-0.1, -0.05) is 29.7 Å². The topological polar surface area (TPSA) is 64.9 Å². The highest BCUT2D eigenvalue weighted by molar-refractivity contribution is 7.98. The number of nitrogens with zero attached hydrogens (tertiary/aromatic N) is 2. The zero-order chi connectivity index (χ0) is 12.3. The molecule has 0 aliphatic heterocycles. The van der Waals surface area contributed by atoms with Crippen LogP contribution in [-0.4, -0.2) is 10.1 Å². The number of thioether (sulfide) groups is 1. The average Bonchev–Trinajstić information content (AvgIpc) is 2.76. The standard InChI is InChI=1S/C11H12ClN3OS/c1-2-10-14-9(15-16-10)6-17-11-7(12)4-3-5-8(11)13/h3-5H,2,6,13H2,1H3. The Morgan fingerprint density at radius 1 is 1.47 bits per heavy atom. The molecule has 6 heteroatoms. The van der Waals surface area contributed by atoms with Crippen molar-refractivity contribution in [3.8, 4) is 0 Å². The number of aromatic nitrogens is 2. The molecule has 0 fully saturated rings. The number of hydrogen-bond donors (Lipinski definition) is 1. The van der Waals surface area contributed by atoms with Crippen LogP contribution in [0.15, 0.2) is 27.6 Å². The lowest BCUT2D eigenvalue weighted by atomic mass is 10.3. The third kappa shape index (κ3) is 2.92. The van der Waals surface area contributed by atoms with E-state index in [4.69, 9.17) is 21.9 Å². The average molecular weight is 270 g/mol. The van der Waals surface area contributed by atoms with Gasteiger partial charge in [0.05, 0.1) is 10.8 Å². The second kappa shape index (κ2) is 5.42. The summed E-state index contributed by atoms with van der Waals surface area (Å²) >= 11 is 7.57. The smallest absolute Gasteiger partial charge is 0.226 e. The molecule has 0 spiro atoms. The maximum atomic E-state index is 6.06. The van der Waals surface area contributed by atoms with Crippen LogP contribution in [0.25, 0.3) is 0 Å². The molecular weight excluding hydrogens is 258 g/mol. The minimum atomic E-state index is 0.595. The first kappa shape index (κ1) is 12.3. The summed E-state index contributed by atoms with van der Waals surface area (Å²) in [4.78, 5) is 5.08. The number of hydrogen-bond acceptors (Lipinski definition) is 5. The SMILES string of the molecule is CCc1nc(CSc2c(N)cccc2Cl)no1. The molecule has 2 aromatic rings. The van der Waals surface area contributed by atoms with E-state index in [1.165, 1.54) is 11.8 Å². The summed E-state index contributed by atoms with van der Waals surface area (Å²) in [6.45, 7) is 1.97. The zero-order valence-electron chi connectivity index (χ0n) is 9.31. The van der Waals surface area contributed by atoms with Crippen LogP contribution in [0.5, 0.6) is 0 Å². The molecule has 1 heterocycles. The van der Waals surface area contributed by atoms with Crippen LogP contribution in [0.1, 0.15) is 18.6 Å². The van der Waals surface area contributed by atoms with Crippen molar-refractivity contribution in [1.82, 2.24) is 10.1 Å². The second-order valence-electron chi connectivity index (χ2n) is 3.40. The Morgan fingerprint density at radius 3 is 2.94 bits per heavy atom. The lowest BCUT2D eigenvalue weighted by Crippen LogP contribution is -1.91. The van der Waals surface area contributed by atoms with Gasteiger partial charge in [-0.05, 0) is 12.1 Å². The molecule has 0 bridgehead atoms. The lowest BCUT2D eigenvalue weighted by molar-refractivity contribution is 0.378. The van der Waals surface area contributed by atoms with Crippen LogP contribution in [0.3, 0.4) is 0 Å². The number of nitrogen functional groups attached to an aromatic ring is 1. The zero-order valence-corrected chi connectivity index (χ0v) is 10.9. The van der Waals surface area contributed by atoms with Gasteiger partial charge >= 0.3 is 0 Å². The predicted octanol–water partition coefficient (Wildman–Crippen LogP) is 3.16. The third-order valence-electron chi connectivity index (χ3n) is 2.16. The van der Waals surface area contributed by atoms with E-state index in [-0.39, 0.29) is 0 Å². The number of rotatable bonds is 4. The highest BCUT2D eigenvalue weighted by Crippen LogP contribution is 2.33. The van der Waals surface area contributed by atoms with E-state index in [0.717, 1.165) is 11.3 Å². The number of anilines is 1. The molecule has 90 valence electrons. The monoisotopic (exact) mass is 269 g/mol. The third-order valence-corrected chi connectivity index (χ3v) is 3.73. The Kier molecular flexibility index (Phi) is 3.91. The number of nitrogens with two attached hydrogens (primary N) is 1. The maximum Gasteiger partial charge on any atom is 0.226 e. The maximum absolute atomic E-state index is 6.06. The summed E-state index contributed by atoms with van der Waals surface area (Å²) in [5.41, 5.74) is 6.52. The van der Waals surface area contributed by atoms with Gasteiger partial charge < -0.3 is 10.3 Å². The van der Waals surface area contributed by atoms with Gasteiger partial charge in [-0.25, -0.2) is 0 Å². The molecule has 1 aromatic heterocycles. The molecule has 17 heavy (non-hydrogen) atoms. The van der Waals surface area contributed by atoms with E-state index in [0.29, 0.717) is 28.2 Å². The molecular formula is C11H12ClN3OS. The van der Waals surface area contributed by atoms with Crippen molar-refractivity contribution in [2.24, 2.45) is 0 Å². The van der Waals surface area contributed by atoms with Crippen molar-refractivity contribution >= 4 is 29.1 Å². The molecule has 2 N–H and O–H groups in total. The van der Waals surface area contributed by atoms with Crippen LogP contribution >= 0.6 is 23.4 Å². The van der Waals surface area contributed by atoms with Crippen LogP contribution in [0.4, 0.5) is 5.69 Å². The first-order valence-corrected chi connectivity index (χ1v) is 6.55. The normalized spacial score (nSPS) is 10.7. The Balaban J connectivity index is 2.07. The minimum absolute atomic E-state index is 0.595. The molecule has 2 rings (SSSR count). The molecule has 0 atom stereocenters.